The molecule has 1 atom stereocenters. The molecule has 1 unspecified atom stereocenters. The monoisotopic (exact) mass is 200 g/mol. The van der Waals surface area contributed by atoms with Crippen molar-refractivity contribution in [3.63, 3.8) is 0 Å². The van der Waals surface area contributed by atoms with E-state index in [2.05, 4.69) is 24.2 Å². The lowest BCUT2D eigenvalue weighted by atomic mass is 10.3. The first-order valence-electron chi connectivity index (χ1n) is 6.21. The summed E-state index contributed by atoms with van der Waals surface area (Å²) in [7, 11) is 2.17. The maximum atomic E-state index is 3.32. The maximum absolute atomic E-state index is 3.32. The molecule has 2 nitrogen and oxygen atoms in total. The van der Waals surface area contributed by atoms with Crippen molar-refractivity contribution < 1.29 is 0 Å². The SMILES string of the molecule is CC.CC1CCCN1.CN1CCCC1. The number of rotatable bonds is 0. The van der Waals surface area contributed by atoms with E-state index in [-0.39, 0.29) is 0 Å². The molecule has 2 fully saturated rings. The second-order valence-electron chi connectivity index (χ2n) is 4.01. The van der Waals surface area contributed by atoms with Gasteiger partial charge in [-0.25, -0.2) is 0 Å². The van der Waals surface area contributed by atoms with Gasteiger partial charge in [0.25, 0.3) is 0 Å². The average molecular weight is 200 g/mol. The molecule has 0 aliphatic carbocycles. The molecule has 2 aliphatic heterocycles. The largest absolute Gasteiger partial charge is 0.314 e. The van der Waals surface area contributed by atoms with Crippen LogP contribution >= 0.6 is 0 Å². The van der Waals surface area contributed by atoms with Gasteiger partial charge in [-0.3, -0.25) is 0 Å². The van der Waals surface area contributed by atoms with Gasteiger partial charge >= 0.3 is 0 Å². The summed E-state index contributed by atoms with van der Waals surface area (Å²) in [5, 5.41) is 3.32. The van der Waals surface area contributed by atoms with Crippen LogP contribution in [0.5, 0.6) is 0 Å². The molecular weight excluding hydrogens is 172 g/mol. The fraction of sp³-hybridized carbons (Fsp3) is 1.00. The molecule has 2 saturated heterocycles. The van der Waals surface area contributed by atoms with Gasteiger partial charge in [0.15, 0.2) is 0 Å². The Labute approximate surface area is 90.1 Å². The van der Waals surface area contributed by atoms with Gasteiger partial charge in [-0.05, 0) is 59.3 Å². The van der Waals surface area contributed by atoms with Crippen molar-refractivity contribution in [3.8, 4) is 0 Å². The molecule has 0 spiro atoms. The first-order chi connectivity index (χ1) is 6.79. The molecule has 0 aromatic rings. The Hall–Kier alpha value is -0.0800. The van der Waals surface area contributed by atoms with Crippen molar-refractivity contribution in [3.05, 3.63) is 0 Å². The normalized spacial score (nSPS) is 26.1. The predicted molar refractivity (Wildman–Crippen MR) is 64.8 cm³/mol. The summed E-state index contributed by atoms with van der Waals surface area (Å²) in [5.74, 6) is 0. The lowest BCUT2D eigenvalue weighted by Crippen LogP contribution is -2.16. The molecule has 14 heavy (non-hydrogen) atoms. The summed E-state index contributed by atoms with van der Waals surface area (Å²) in [6.07, 6.45) is 5.58. The van der Waals surface area contributed by atoms with Gasteiger partial charge in [0.05, 0.1) is 0 Å². The first kappa shape index (κ1) is 13.9. The summed E-state index contributed by atoms with van der Waals surface area (Å²) in [5.41, 5.74) is 0. The Kier molecular flexibility index (Phi) is 9.42. The van der Waals surface area contributed by atoms with Crippen LogP contribution in [0, 0.1) is 0 Å². The fourth-order valence-corrected chi connectivity index (χ4v) is 1.73. The molecule has 86 valence electrons. The molecule has 1 N–H and O–H groups in total. The molecule has 0 aromatic carbocycles. The van der Waals surface area contributed by atoms with Gasteiger partial charge in [-0.1, -0.05) is 13.8 Å². The topological polar surface area (TPSA) is 15.3 Å². The highest BCUT2D eigenvalue weighted by Gasteiger charge is 2.05. The van der Waals surface area contributed by atoms with Crippen LogP contribution < -0.4 is 5.32 Å². The summed E-state index contributed by atoms with van der Waals surface area (Å²) in [4.78, 5) is 2.36. The van der Waals surface area contributed by atoms with Gasteiger partial charge in [-0.15, -0.1) is 0 Å². The van der Waals surface area contributed by atoms with E-state index >= 15 is 0 Å². The zero-order valence-corrected chi connectivity index (χ0v) is 10.5. The Bertz CT molecular complexity index is 88.9. The van der Waals surface area contributed by atoms with Crippen molar-refractivity contribution in [2.75, 3.05) is 26.7 Å². The highest BCUT2D eigenvalue weighted by molar-refractivity contribution is 4.67. The van der Waals surface area contributed by atoms with Crippen molar-refractivity contribution >= 4 is 0 Å². The molecule has 0 saturated carbocycles. The summed E-state index contributed by atoms with van der Waals surface area (Å²) >= 11 is 0. The summed E-state index contributed by atoms with van der Waals surface area (Å²) in [6, 6.07) is 0.796. The Morgan fingerprint density at radius 3 is 1.79 bits per heavy atom. The van der Waals surface area contributed by atoms with Crippen LogP contribution in [0.25, 0.3) is 0 Å². The zero-order chi connectivity index (χ0) is 10.8. The third-order valence-electron chi connectivity index (χ3n) is 2.64. The quantitative estimate of drug-likeness (QED) is 0.646. The standard InChI is InChI=1S/2C5H11N.C2H6/c1-6-4-2-3-5-6;1-5-3-2-4-6-5;1-2/h2-5H2,1H3;5-6H,2-4H2,1H3;1-2H3. The minimum Gasteiger partial charge on any atom is -0.314 e. The van der Waals surface area contributed by atoms with Gasteiger partial charge in [0, 0.05) is 6.04 Å². The van der Waals surface area contributed by atoms with Crippen molar-refractivity contribution in [1.29, 1.82) is 0 Å². The zero-order valence-electron chi connectivity index (χ0n) is 10.5. The molecule has 0 bridgehead atoms. The molecular formula is C12H28N2. The van der Waals surface area contributed by atoms with Gasteiger partial charge < -0.3 is 10.2 Å². The first-order valence-corrected chi connectivity index (χ1v) is 6.21. The van der Waals surface area contributed by atoms with Gasteiger partial charge in [0.2, 0.25) is 0 Å². The molecule has 2 heteroatoms. The number of hydrogen-bond acceptors (Lipinski definition) is 2. The Balaban J connectivity index is 0.000000206. The lowest BCUT2D eigenvalue weighted by molar-refractivity contribution is 0.418. The van der Waals surface area contributed by atoms with E-state index in [1.807, 2.05) is 13.8 Å². The lowest BCUT2D eigenvalue weighted by Gasteiger charge is -2.01. The van der Waals surface area contributed by atoms with E-state index in [0.717, 1.165) is 6.04 Å². The number of nitrogens with zero attached hydrogens (tertiary/aromatic N) is 1. The van der Waals surface area contributed by atoms with Crippen molar-refractivity contribution in [1.82, 2.24) is 10.2 Å². The van der Waals surface area contributed by atoms with Crippen molar-refractivity contribution in [2.45, 2.75) is 52.5 Å². The average Bonchev–Trinajstić information content (AvgIpc) is 2.83. The predicted octanol–water partition coefficient (Wildman–Crippen LogP) is 2.50. The van der Waals surface area contributed by atoms with E-state index in [9.17, 15) is 0 Å². The molecule has 0 radical (unpaired) electrons. The molecule has 2 heterocycles. The third-order valence-corrected chi connectivity index (χ3v) is 2.64. The molecule has 2 aliphatic rings. The van der Waals surface area contributed by atoms with Crippen LogP contribution in [-0.2, 0) is 0 Å². The van der Waals surface area contributed by atoms with E-state index in [0.29, 0.717) is 0 Å². The molecule has 0 aromatic heterocycles. The summed E-state index contributed by atoms with van der Waals surface area (Å²) in [6.45, 7) is 10.1. The Morgan fingerprint density at radius 2 is 1.64 bits per heavy atom. The summed E-state index contributed by atoms with van der Waals surface area (Å²) < 4.78 is 0. The fourth-order valence-electron chi connectivity index (χ4n) is 1.73. The molecule has 0 amide bonds. The minimum atomic E-state index is 0.796. The number of hydrogen-bond donors (Lipinski definition) is 1. The second kappa shape index (κ2) is 9.47. The second-order valence-corrected chi connectivity index (χ2v) is 4.01. The molecule has 2 rings (SSSR count). The highest BCUT2D eigenvalue weighted by Crippen LogP contribution is 2.02. The van der Waals surface area contributed by atoms with Crippen molar-refractivity contribution in [2.24, 2.45) is 0 Å². The van der Waals surface area contributed by atoms with Crippen LogP contribution in [0.15, 0.2) is 0 Å². The van der Waals surface area contributed by atoms with E-state index in [4.69, 9.17) is 0 Å². The van der Waals surface area contributed by atoms with Gasteiger partial charge in [-0.2, -0.15) is 0 Å². The third kappa shape index (κ3) is 7.34. The maximum Gasteiger partial charge on any atom is 0.00391 e. The van der Waals surface area contributed by atoms with Gasteiger partial charge in [0.1, 0.15) is 0 Å². The van der Waals surface area contributed by atoms with Crippen LogP contribution in [-0.4, -0.2) is 37.6 Å². The van der Waals surface area contributed by atoms with Crippen LogP contribution in [0.3, 0.4) is 0 Å². The Morgan fingerprint density at radius 1 is 1.07 bits per heavy atom. The smallest absolute Gasteiger partial charge is 0.00391 e. The van der Waals surface area contributed by atoms with Crippen LogP contribution in [0.4, 0.5) is 0 Å². The van der Waals surface area contributed by atoms with E-state index in [1.165, 1.54) is 45.3 Å². The number of nitrogens with one attached hydrogen (secondary N) is 1. The van der Waals surface area contributed by atoms with Crippen LogP contribution in [0.2, 0.25) is 0 Å². The minimum absolute atomic E-state index is 0.796. The number of likely N-dealkylation sites (tertiary alicyclic amines) is 1. The highest BCUT2D eigenvalue weighted by atomic mass is 15.1. The van der Waals surface area contributed by atoms with E-state index in [1.54, 1.807) is 0 Å². The van der Waals surface area contributed by atoms with Crippen LogP contribution in [0.1, 0.15) is 46.5 Å². The van der Waals surface area contributed by atoms with E-state index < -0.39 is 0 Å².